The van der Waals surface area contributed by atoms with Crippen LogP contribution < -0.4 is 42.5 Å². The van der Waals surface area contributed by atoms with Crippen molar-refractivity contribution in [1.82, 2.24) is 14.9 Å². The molecular weight excluding hydrogens is 672 g/mol. The second-order valence-electron chi connectivity index (χ2n) is 24.1. The summed E-state index contributed by atoms with van der Waals surface area (Å²) in [5, 5.41) is -0.252. The summed E-state index contributed by atoms with van der Waals surface area (Å²) in [5.41, 5.74) is 14.7. The lowest BCUT2D eigenvalue weighted by Crippen LogP contribution is -2.73. The number of carbonyl (C=O) groups is 1. The van der Waals surface area contributed by atoms with Crippen molar-refractivity contribution in [3.8, 4) is 6.01 Å². The fourth-order valence-electron chi connectivity index (χ4n) is 12.0. The van der Waals surface area contributed by atoms with Crippen molar-refractivity contribution >= 4 is 257 Å². The van der Waals surface area contributed by atoms with Crippen LogP contribution in [0.25, 0.3) is 0 Å². The number of ether oxygens (including phenoxy) is 1. The molecule has 0 bridgehead atoms. The molecule has 8 nitrogen and oxygen atoms in total. The number of anilines is 3. The van der Waals surface area contributed by atoms with E-state index in [1.165, 1.54) is 33.0 Å². The van der Waals surface area contributed by atoms with E-state index in [1.807, 2.05) is 15.7 Å². The van der Waals surface area contributed by atoms with Crippen molar-refractivity contribution < 1.29 is 9.53 Å². The highest BCUT2D eigenvalue weighted by Gasteiger charge is 2.67. The van der Waals surface area contributed by atoms with E-state index < -0.39 is 16.1 Å². The second-order valence-corrected chi connectivity index (χ2v) is 24.1. The fourth-order valence-corrected chi connectivity index (χ4v) is 12.0. The summed E-state index contributed by atoms with van der Waals surface area (Å²) < 4.78 is 6.86. The summed E-state index contributed by atoms with van der Waals surface area (Å²) in [7, 11) is 62.0. The Morgan fingerprint density at radius 2 is 0.982 bits per heavy atom. The van der Waals surface area contributed by atoms with E-state index in [0.29, 0.717) is 11.5 Å². The maximum absolute atomic E-state index is 14.1. The zero-order valence-electron chi connectivity index (χ0n) is 41.7. The Kier molecular flexibility index (Phi) is 11.7. The second kappa shape index (κ2) is 13.7. The third-order valence-electron chi connectivity index (χ3n) is 18.5. The first-order chi connectivity index (χ1) is 25.0. The molecule has 1 aromatic heterocycles. The van der Waals surface area contributed by atoms with Crippen molar-refractivity contribution in [1.29, 1.82) is 0 Å². The SMILES string of the molecule is Bc1c(B)c(C(B)(B)N2C(B)(B)C(B)(B)C(B)(B)C2(B)B)c(B)c(B)c1C(B)(B)N1c2nc(OC(B)(B)C(B)(B)C(B)(B)C(B)(B)B)nc(N)c2NC(=O)C1(B)B. The molecular formula is C22H57B27N6O2. The Morgan fingerprint density at radius 3 is 1.37 bits per heavy atom. The lowest BCUT2D eigenvalue weighted by molar-refractivity contribution is -0.117. The molecule has 0 spiro atoms. The van der Waals surface area contributed by atoms with E-state index in [4.69, 9.17) is 15.5 Å². The lowest BCUT2D eigenvalue weighted by Gasteiger charge is -2.59. The number of nitrogens with zero attached hydrogens (tertiary/aromatic N) is 4. The quantitative estimate of drug-likeness (QED) is 0.248. The van der Waals surface area contributed by atoms with E-state index in [1.54, 1.807) is 0 Å². The predicted octanol–water partition coefficient (Wildman–Crippen LogP) is -27.8. The standard InChI is InChI=1S/C22H57B27N6O2/c23-3-1(4(24)6(26)2(5(3)25)13(29,30)55-20(44,45)16(35,36)17(37,38)21(55,46)47)12(27,28)54-9-7(51-10(56)14(54,31)32)8(50)52-11(53-9)57-22(48,49)18(39,40)15(33,34)19(41,42)43/h23-49H2,(H,51,56)(H2,50,52,53). The van der Waals surface area contributed by atoms with Gasteiger partial charge in [-0.25, -0.2) is 0 Å². The number of likely N-dealkylation sites (tertiary alicyclic amines) is 1. The molecule has 0 unspecified atom stereocenters. The van der Waals surface area contributed by atoms with Gasteiger partial charge in [0.25, 0.3) is 0 Å². The molecule has 0 atom stereocenters. The third-order valence-corrected chi connectivity index (χ3v) is 18.5. The van der Waals surface area contributed by atoms with Crippen LogP contribution in [0.3, 0.4) is 0 Å². The van der Waals surface area contributed by atoms with Crippen LogP contribution in [0, 0.1) is 0 Å². The minimum absolute atomic E-state index is 0.00714. The van der Waals surface area contributed by atoms with Gasteiger partial charge in [0.15, 0.2) is 11.6 Å². The molecule has 1 aromatic carbocycles. The van der Waals surface area contributed by atoms with Crippen LogP contribution in [-0.4, -0.2) is 254 Å². The average molecular weight is 730 g/mol. The van der Waals surface area contributed by atoms with E-state index in [9.17, 15) is 4.79 Å². The summed E-state index contributed by atoms with van der Waals surface area (Å²) in [4.78, 5) is 29.0. The number of nitrogen functional groups attached to an aromatic ring is 1. The minimum Gasteiger partial charge on any atom is -0.477 e. The smallest absolute Gasteiger partial charge is 0.319 e. The molecule has 4 rings (SSSR count). The zero-order chi connectivity index (χ0) is 44.8. The number of carbonyl (C=O) groups excluding carboxylic acids is 1. The number of hydrogen-bond acceptors (Lipinski definition) is 7. The van der Waals surface area contributed by atoms with Gasteiger partial charge in [-0.2, -0.15) is 9.97 Å². The number of fused-ring (bicyclic) bond motifs is 1. The Balaban J connectivity index is 1.98. The molecule has 1 amide bonds. The van der Waals surface area contributed by atoms with Crippen LogP contribution in [0.4, 0.5) is 17.3 Å². The van der Waals surface area contributed by atoms with Crippen molar-refractivity contribution in [2.24, 2.45) is 0 Å². The van der Waals surface area contributed by atoms with Gasteiger partial charge in [-0.3, -0.25) is 4.79 Å². The summed E-state index contributed by atoms with van der Waals surface area (Å²) in [6.07, 6.45) is 0. The van der Waals surface area contributed by atoms with Crippen LogP contribution >= 0.6 is 0 Å². The van der Waals surface area contributed by atoms with Crippen LogP contribution in [0.15, 0.2) is 0 Å². The normalized spacial score (nSPS) is 20.6. The molecule has 0 saturated carbocycles. The first kappa shape index (κ1) is 48.5. The maximum atomic E-state index is 14.1. The molecule has 0 aliphatic carbocycles. The zero-order valence-corrected chi connectivity index (χ0v) is 41.7. The molecule has 2 aromatic rings. The van der Waals surface area contributed by atoms with E-state index in [2.05, 4.69) is 216 Å². The molecule has 2 aliphatic heterocycles. The number of benzene rings is 1. The first-order valence-corrected chi connectivity index (χ1v) is 21.4. The highest BCUT2D eigenvalue weighted by molar-refractivity contribution is 6.73. The monoisotopic (exact) mass is 735 g/mol. The third kappa shape index (κ3) is 6.48. The van der Waals surface area contributed by atoms with Gasteiger partial charge in [0.05, 0.1) is 76.0 Å². The number of hydrogen-bond donors (Lipinski definition) is 2. The van der Waals surface area contributed by atoms with Gasteiger partial charge in [-0.05, 0) is 16.0 Å². The van der Waals surface area contributed by atoms with Gasteiger partial charge < -0.3 is 25.6 Å². The van der Waals surface area contributed by atoms with Crippen molar-refractivity contribution in [3.05, 3.63) is 11.1 Å². The summed E-state index contributed by atoms with van der Waals surface area (Å²) in [6, 6.07) is 0.196. The molecule has 1 fully saturated rings. The summed E-state index contributed by atoms with van der Waals surface area (Å²) in [5.74, 6) is 0.577. The topological polar surface area (TPSA) is 96.6 Å². The Labute approximate surface area is 370 Å². The van der Waals surface area contributed by atoms with Gasteiger partial charge in [0.1, 0.15) is 147 Å². The Hall–Kier alpha value is -1.12. The van der Waals surface area contributed by atoms with Gasteiger partial charge in [0.2, 0.25) is 5.91 Å². The number of amides is 1. The molecule has 57 heavy (non-hydrogen) atoms. The molecule has 1 saturated heterocycles. The van der Waals surface area contributed by atoms with E-state index in [-0.39, 0.29) is 59.7 Å². The van der Waals surface area contributed by atoms with Gasteiger partial charge >= 0.3 is 6.01 Å². The first-order valence-electron chi connectivity index (χ1n) is 21.4. The molecule has 3 heterocycles. The summed E-state index contributed by atoms with van der Waals surface area (Å²) in [6.45, 7) is 0. The maximum Gasteiger partial charge on any atom is 0.319 e. The largest absolute Gasteiger partial charge is 0.477 e. The highest BCUT2D eigenvalue weighted by atomic mass is 16.5. The molecule has 0 radical (unpaired) electrons. The molecule has 3 N–H and O–H groups in total. The number of aromatic nitrogens is 2. The molecule has 268 valence electrons. The lowest BCUT2D eigenvalue weighted by atomic mass is 9.10. The van der Waals surface area contributed by atoms with Crippen LogP contribution in [0.5, 0.6) is 6.01 Å². The minimum atomic E-state index is -1.00. The fraction of sp³-hybridized carbons (Fsp3) is 0.500. The molecule has 35 heteroatoms. The molecule has 2 aliphatic rings. The number of nitrogens with one attached hydrogen (secondary N) is 1. The van der Waals surface area contributed by atoms with Crippen molar-refractivity contribution in [2.45, 2.75) is 58.1 Å². The van der Waals surface area contributed by atoms with E-state index in [0.717, 1.165) is 0 Å². The van der Waals surface area contributed by atoms with Gasteiger partial charge in [-0.1, -0.05) is 48.6 Å². The van der Waals surface area contributed by atoms with Crippen LogP contribution in [0.1, 0.15) is 11.1 Å². The Morgan fingerprint density at radius 1 is 0.596 bits per heavy atom. The summed E-state index contributed by atoms with van der Waals surface area (Å²) >= 11 is 0. The van der Waals surface area contributed by atoms with Crippen molar-refractivity contribution in [3.63, 3.8) is 0 Å². The average Bonchev–Trinajstić information content (AvgIpc) is 3.06. The van der Waals surface area contributed by atoms with Crippen molar-refractivity contribution in [2.75, 3.05) is 16.0 Å². The Bertz CT molecular complexity index is 1960. The highest BCUT2D eigenvalue weighted by Crippen LogP contribution is 2.65. The predicted molar refractivity (Wildman–Crippen MR) is 323 cm³/mol. The number of rotatable bonds is 9. The van der Waals surface area contributed by atoms with Gasteiger partial charge in [0, 0.05) is 10.7 Å². The van der Waals surface area contributed by atoms with E-state index >= 15 is 0 Å². The van der Waals surface area contributed by atoms with Crippen LogP contribution in [0.2, 0.25) is 26.0 Å². The van der Waals surface area contributed by atoms with Crippen LogP contribution in [-0.2, 0) is 15.5 Å². The number of nitrogens with two attached hydrogens (primary N) is 1. The van der Waals surface area contributed by atoms with Gasteiger partial charge in [-0.15, -0.1) is 10.3 Å².